The SMILES string of the molecule is CCCC1CCC(C2CCC(OCC)OC2=O)CC1. The van der Waals surface area contributed by atoms with Gasteiger partial charge in [0.05, 0.1) is 5.92 Å². The summed E-state index contributed by atoms with van der Waals surface area (Å²) < 4.78 is 10.8. The van der Waals surface area contributed by atoms with E-state index in [1.165, 1.54) is 38.5 Å². The first-order valence-electron chi connectivity index (χ1n) is 8.06. The van der Waals surface area contributed by atoms with Crippen LogP contribution in [0.15, 0.2) is 0 Å². The Balaban J connectivity index is 1.79. The zero-order chi connectivity index (χ0) is 13.7. The van der Waals surface area contributed by atoms with Gasteiger partial charge in [0, 0.05) is 13.0 Å². The van der Waals surface area contributed by atoms with Gasteiger partial charge in [-0.05, 0) is 38.0 Å². The summed E-state index contributed by atoms with van der Waals surface area (Å²) in [4.78, 5) is 12.1. The standard InChI is InChI=1S/C16H28O3/c1-3-5-12-6-8-13(9-7-12)14-10-11-15(18-4-2)19-16(14)17/h12-15H,3-11H2,1-2H3. The molecular weight excluding hydrogens is 240 g/mol. The molecule has 0 amide bonds. The van der Waals surface area contributed by atoms with E-state index in [4.69, 9.17) is 9.47 Å². The molecule has 0 N–H and O–H groups in total. The fourth-order valence-corrected chi connectivity index (χ4v) is 3.73. The minimum atomic E-state index is -0.287. The maximum Gasteiger partial charge on any atom is 0.311 e. The molecule has 0 aromatic carbocycles. The fourth-order valence-electron chi connectivity index (χ4n) is 3.73. The third kappa shape index (κ3) is 3.95. The Labute approximate surface area is 117 Å². The number of ether oxygens (including phenoxy) is 2. The van der Waals surface area contributed by atoms with E-state index in [9.17, 15) is 4.79 Å². The van der Waals surface area contributed by atoms with Crippen molar-refractivity contribution in [2.24, 2.45) is 17.8 Å². The van der Waals surface area contributed by atoms with Crippen LogP contribution in [-0.4, -0.2) is 18.9 Å². The Bertz CT molecular complexity index is 282. The van der Waals surface area contributed by atoms with Crippen molar-refractivity contribution in [1.82, 2.24) is 0 Å². The molecule has 0 radical (unpaired) electrons. The Morgan fingerprint density at radius 3 is 2.42 bits per heavy atom. The smallest absolute Gasteiger partial charge is 0.311 e. The van der Waals surface area contributed by atoms with Crippen LogP contribution >= 0.6 is 0 Å². The normalized spacial score (nSPS) is 36.0. The topological polar surface area (TPSA) is 35.5 Å². The van der Waals surface area contributed by atoms with Crippen molar-refractivity contribution in [3.63, 3.8) is 0 Å². The number of esters is 1. The van der Waals surface area contributed by atoms with E-state index < -0.39 is 0 Å². The van der Waals surface area contributed by atoms with Gasteiger partial charge in [0.1, 0.15) is 0 Å². The summed E-state index contributed by atoms with van der Waals surface area (Å²) in [6.07, 6.45) is 9.21. The minimum absolute atomic E-state index is 0.0105. The van der Waals surface area contributed by atoms with E-state index in [-0.39, 0.29) is 18.2 Å². The van der Waals surface area contributed by atoms with Crippen LogP contribution in [-0.2, 0) is 14.3 Å². The third-order valence-electron chi connectivity index (χ3n) is 4.77. The largest absolute Gasteiger partial charge is 0.436 e. The molecule has 1 aliphatic carbocycles. The van der Waals surface area contributed by atoms with Gasteiger partial charge in [-0.25, -0.2) is 0 Å². The maximum absolute atomic E-state index is 12.1. The molecule has 2 rings (SSSR count). The Kier molecular flexibility index (Phi) is 5.68. The molecule has 0 aromatic heterocycles. The lowest BCUT2D eigenvalue weighted by atomic mass is 9.73. The van der Waals surface area contributed by atoms with Crippen molar-refractivity contribution in [3.05, 3.63) is 0 Å². The van der Waals surface area contributed by atoms with Crippen molar-refractivity contribution >= 4 is 5.97 Å². The van der Waals surface area contributed by atoms with E-state index in [2.05, 4.69) is 6.92 Å². The molecular formula is C16H28O3. The van der Waals surface area contributed by atoms with Crippen molar-refractivity contribution in [1.29, 1.82) is 0 Å². The van der Waals surface area contributed by atoms with Crippen LogP contribution in [0.4, 0.5) is 0 Å². The number of cyclic esters (lactones) is 1. The highest BCUT2D eigenvalue weighted by Crippen LogP contribution is 2.39. The second kappa shape index (κ2) is 7.28. The monoisotopic (exact) mass is 268 g/mol. The first kappa shape index (κ1) is 14.8. The molecule has 110 valence electrons. The second-order valence-corrected chi connectivity index (χ2v) is 6.08. The molecule has 0 spiro atoms. The van der Waals surface area contributed by atoms with Crippen LogP contribution in [0.5, 0.6) is 0 Å². The van der Waals surface area contributed by atoms with Gasteiger partial charge < -0.3 is 9.47 Å². The minimum Gasteiger partial charge on any atom is -0.436 e. The average molecular weight is 268 g/mol. The van der Waals surface area contributed by atoms with Crippen molar-refractivity contribution < 1.29 is 14.3 Å². The lowest BCUT2D eigenvalue weighted by Crippen LogP contribution is -2.37. The second-order valence-electron chi connectivity index (χ2n) is 6.08. The van der Waals surface area contributed by atoms with Gasteiger partial charge in [0.15, 0.2) is 0 Å². The average Bonchev–Trinajstić information content (AvgIpc) is 2.41. The lowest BCUT2D eigenvalue weighted by molar-refractivity contribution is -0.198. The molecule has 2 unspecified atom stereocenters. The van der Waals surface area contributed by atoms with Crippen molar-refractivity contribution in [3.8, 4) is 0 Å². The summed E-state index contributed by atoms with van der Waals surface area (Å²) >= 11 is 0. The summed E-state index contributed by atoms with van der Waals surface area (Å²) in [6.45, 7) is 4.82. The summed E-state index contributed by atoms with van der Waals surface area (Å²) in [6, 6.07) is 0. The Morgan fingerprint density at radius 2 is 1.84 bits per heavy atom. The zero-order valence-corrected chi connectivity index (χ0v) is 12.4. The van der Waals surface area contributed by atoms with Crippen molar-refractivity contribution in [2.75, 3.05) is 6.61 Å². The summed E-state index contributed by atoms with van der Waals surface area (Å²) in [7, 11) is 0. The van der Waals surface area contributed by atoms with E-state index >= 15 is 0 Å². The van der Waals surface area contributed by atoms with Gasteiger partial charge in [-0.1, -0.05) is 32.6 Å². The number of carbonyl (C=O) groups excluding carboxylic acids is 1. The highest BCUT2D eigenvalue weighted by atomic mass is 16.7. The first-order chi connectivity index (χ1) is 9.24. The summed E-state index contributed by atoms with van der Waals surface area (Å²) in [5, 5.41) is 0. The number of hydrogen-bond acceptors (Lipinski definition) is 3. The van der Waals surface area contributed by atoms with E-state index in [0.29, 0.717) is 12.5 Å². The fraction of sp³-hybridized carbons (Fsp3) is 0.938. The molecule has 3 nitrogen and oxygen atoms in total. The maximum atomic E-state index is 12.1. The zero-order valence-electron chi connectivity index (χ0n) is 12.4. The Morgan fingerprint density at radius 1 is 1.11 bits per heavy atom. The van der Waals surface area contributed by atoms with E-state index in [1.807, 2.05) is 6.92 Å². The van der Waals surface area contributed by atoms with Gasteiger partial charge in [-0.3, -0.25) is 4.79 Å². The van der Waals surface area contributed by atoms with Crippen LogP contribution in [0.1, 0.15) is 65.2 Å². The predicted molar refractivity (Wildman–Crippen MR) is 74.6 cm³/mol. The number of hydrogen-bond donors (Lipinski definition) is 0. The molecule has 2 atom stereocenters. The van der Waals surface area contributed by atoms with Gasteiger partial charge in [-0.2, -0.15) is 0 Å². The quantitative estimate of drug-likeness (QED) is 0.709. The van der Waals surface area contributed by atoms with Gasteiger partial charge in [-0.15, -0.1) is 0 Å². The molecule has 1 aliphatic heterocycles. The number of rotatable bonds is 5. The number of carbonyl (C=O) groups is 1. The van der Waals surface area contributed by atoms with Crippen molar-refractivity contribution in [2.45, 2.75) is 71.5 Å². The van der Waals surface area contributed by atoms with Crippen LogP contribution < -0.4 is 0 Å². The molecule has 2 fully saturated rings. The molecule has 0 aromatic rings. The third-order valence-corrected chi connectivity index (χ3v) is 4.77. The Hall–Kier alpha value is -0.570. The molecule has 3 heteroatoms. The van der Waals surface area contributed by atoms with E-state index in [1.54, 1.807) is 0 Å². The molecule has 0 bridgehead atoms. The van der Waals surface area contributed by atoms with Gasteiger partial charge in [0.25, 0.3) is 0 Å². The first-order valence-corrected chi connectivity index (χ1v) is 8.06. The molecule has 2 aliphatic rings. The van der Waals surface area contributed by atoms with E-state index in [0.717, 1.165) is 18.8 Å². The summed E-state index contributed by atoms with van der Waals surface area (Å²) in [5.41, 5.74) is 0. The van der Waals surface area contributed by atoms with Crippen LogP contribution in [0.2, 0.25) is 0 Å². The van der Waals surface area contributed by atoms with Crippen LogP contribution in [0.3, 0.4) is 0 Å². The highest BCUT2D eigenvalue weighted by Gasteiger charge is 2.37. The van der Waals surface area contributed by atoms with Gasteiger partial charge >= 0.3 is 5.97 Å². The van der Waals surface area contributed by atoms with Crippen LogP contribution in [0.25, 0.3) is 0 Å². The summed E-state index contributed by atoms with van der Waals surface area (Å²) in [5.74, 6) is 1.59. The lowest BCUT2D eigenvalue weighted by Gasteiger charge is -2.36. The van der Waals surface area contributed by atoms with Crippen LogP contribution in [0, 0.1) is 17.8 Å². The van der Waals surface area contributed by atoms with Gasteiger partial charge in [0.2, 0.25) is 6.29 Å². The predicted octanol–water partition coefficient (Wildman–Crippen LogP) is 3.91. The molecule has 19 heavy (non-hydrogen) atoms. The molecule has 1 saturated heterocycles. The molecule has 1 heterocycles. The highest BCUT2D eigenvalue weighted by molar-refractivity contribution is 5.73. The molecule has 1 saturated carbocycles.